The predicted molar refractivity (Wildman–Crippen MR) is 82.4 cm³/mol. The molecule has 0 aliphatic heterocycles. The van der Waals surface area contributed by atoms with E-state index in [-0.39, 0.29) is 0 Å². The maximum absolute atomic E-state index is 5.45. The van der Waals surface area contributed by atoms with E-state index >= 15 is 0 Å². The SMILES string of the molecule is CCOc1cncc(CNc2ccc3ncsc3c2)c1. The highest BCUT2D eigenvalue weighted by atomic mass is 32.1. The van der Waals surface area contributed by atoms with Gasteiger partial charge >= 0.3 is 0 Å². The number of rotatable bonds is 5. The van der Waals surface area contributed by atoms with E-state index in [0.29, 0.717) is 6.61 Å². The summed E-state index contributed by atoms with van der Waals surface area (Å²) in [7, 11) is 0. The molecule has 0 spiro atoms. The lowest BCUT2D eigenvalue weighted by molar-refractivity contribution is 0.338. The van der Waals surface area contributed by atoms with Crippen molar-refractivity contribution in [2.75, 3.05) is 11.9 Å². The van der Waals surface area contributed by atoms with E-state index < -0.39 is 0 Å². The first-order valence-electron chi connectivity index (χ1n) is 6.49. The second-order valence-corrected chi connectivity index (χ2v) is 5.24. The minimum absolute atomic E-state index is 0.653. The van der Waals surface area contributed by atoms with E-state index in [1.54, 1.807) is 17.5 Å². The molecule has 3 aromatic rings. The van der Waals surface area contributed by atoms with Gasteiger partial charge in [-0.2, -0.15) is 0 Å². The van der Waals surface area contributed by atoms with E-state index in [1.807, 2.05) is 36.8 Å². The lowest BCUT2D eigenvalue weighted by atomic mass is 10.2. The number of aromatic nitrogens is 2. The maximum Gasteiger partial charge on any atom is 0.137 e. The molecule has 0 atom stereocenters. The molecular weight excluding hydrogens is 270 g/mol. The monoisotopic (exact) mass is 285 g/mol. The fourth-order valence-corrected chi connectivity index (χ4v) is 2.69. The number of hydrogen-bond acceptors (Lipinski definition) is 5. The molecule has 2 aromatic heterocycles. The zero-order chi connectivity index (χ0) is 13.8. The number of fused-ring (bicyclic) bond motifs is 1. The third kappa shape index (κ3) is 2.88. The van der Waals surface area contributed by atoms with Crippen molar-refractivity contribution in [3.8, 4) is 5.75 Å². The minimum atomic E-state index is 0.653. The quantitative estimate of drug-likeness (QED) is 0.776. The smallest absolute Gasteiger partial charge is 0.137 e. The number of ether oxygens (including phenoxy) is 1. The largest absolute Gasteiger partial charge is 0.492 e. The molecule has 102 valence electrons. The third-order valence-corrected chi connectivity index (χ3v) is 3.70. The summed E-state index contributed by atoms with van der Waals surface area (Å²) in [6, 6.07) is 8.20. The van der Waals surface area contributed by atoms with Crippen LogP contribution in [0.1, 0.15) is 12.5 Å². The minimum Gasteiger partial charge on any atom is -0.492 e. The van der Waals surface area contributed by atoms with Gasteiger partial charge in [0.05, 0.1) is 28.5 Å². The van der Waals surface area contributed by atoms with E-state index in [4.69, 9.17) is 4.74 Å². The average molecular weight is 285 g/mol. The fourth-order valence-electron chi connectivity index (χ4n) is 1.98. The summed E-state index contributed by atoms with van der Waals surface area (Å²) >= 11 is 1.65. The van der Waals surface area contributed by atoms with Crippen LogP contribution in [-0.4, -0.2) is 16.6 Å². The van der Waals surface area contributed by atoms with Crippen LogP contribution in [0.15, 0.2) is 42.2 Å². The maximum atomic E-state index is 5.45. The van der Waals surface area contributed by atoms with Crippen LogP contribution in [-0.2, 0) is 6.54 Å². The van der Waals surface area contributed by atoms with Gasteiger partial charge in [0, 0.05) is 18.4 Å². The summed E-state index contributed by atoms with van der Waals surface area (Å²) in [5.74, 6) is 0.810. The van der Waals surface area contributed by atoms with Gasteiger partial charge in [-0.15, -0.1) is 11.3 Å². The Morgan fingerprint density at radius 3 is 3.10 bits per heavy atom. The van der Waals surface area contributed by atoms with E-state index in [9.17, 15) is 0 Å². The summed E-state index contributed by atoms with van der Waals surface area (Å²) < 4.78 is 6.64. The van der Waals surface area contributed by atoms with Crippen LogP contribution in [0.5, 0.6) is 5.75 Å². The number of anilines is 1. The van der Waals surface area contributed by atoms with Gasteiger partial charge in [-0.25, -0.2) is 4.98 Å². The molecule has 0 radical (unpaired) electrons. The fraction of sp³-hybridized carbons (Fsp3) is 0.200. The number of nitrogens with one attached hydrogen (secondary N) is 1. The van der Waals surface area contributed by atoms with Crippen LogP contribution in [0.4, 0.5) is 5.69 Å². The van der Waals surface area contributed by atoms with Crippen molar-refractivity contribution in [1.82, 2.24) is 9.97 Å². The number of nitrogens with zero attached hydrogens (tertiary/aromatic N) is 2. The number of thiazole rings is 1. The first-order chi connectivity index (χ1) is 9.85. The molecule has 0 saturated carbocycles. The molecule has 1 aromatic carbocycles. The molecule has 20 heavy (non-hydrogen) atoms. The Morgan fingerprint density at radius 2 is 2.20 bits per heavy atom. The van der Waals surface area contributed by atoms with E-state index in [0.717, 1.165) is 29.1 Å². The normalized spacial score (nSPS) is 10.7. The molecule has 0 saturated heterocycles. The first-order valence-corrected chi connectivity index (χ1v) is 7.37. The van der Waals surface area contributed by atoms with Crippen molar-refractivity contribution in [2.24, 2.45) is 0 Å². The van der Waals surface area contributed by atoms with Crippen LogP contribution in [0.2, 0.25) is 0 Å². The van der Waals surface area contributed by atoms with Crippen LogP contribution >= 0.6 is 11.3 Å². The van der Waals surface area contributed by atoms with Crippen LogP contribution < -0.4 is 10.1 Å². The van der Waals surface area contributed by atoms with Crippen molar-refractivity contribution >= 4 is 27.2 Å². The molecule has 5 heteroatoms. The van der Waals surface area contributed by atoms with Crippen molar-refractivity contribution in [2.45, 2.75) is 13.5 Å². The third-order valence-electron chi connectivity index (χ3n) is 2.91. The highest BCUT2D eigenvalue weighted by molar-refractivity contribution is 7.16. The topological polar surface area (TPSA) is 47.0 Å². The molecule has 0 amide bonds. The van der Waals surface area contributed by atoms with Gasteiger partial charge in [0.15, 0.2) is 0 Å². The second kappa shape index (κ2) is 5.88. The van der Waals surface area contributed by atoms with Gasteiger partial charge in [0.25, 0.3) is 0 Å². The Morgan fingerprint density at radius 1 is 1.25 bits per heavy atom. The lowest BCUT2D eigenvalue weighted by Crippen LogP contribution is -2.01. The average Bonchev–Trinajstić information content (AvgIpc) is 2.93. The molecule has 1 N–H and O–H groups in total. The molecule has 0 fully saturated rings. The Bertz CT molecular complexity index is 711. The standard InChI is InChI=1S/C15H15N3OS/c1-2-19-13-5-11(7-16-9-13)8-17-12-3-4-14-15(6-12)20-10-18-14/h3-7,9-10,17H,2,8H2,1H3. The number of benzene rings is 1. The number of pyridine rings is 1. The Balaban J connectivity index is 1.70. The highest BCUT2D eigenvalue weighted by Gasteiger charge is 2.00. The molecule has 0 aliphatic rings. The molecule has 2 heterocycles. The molecule has 0 bridgehead atoms. The number of hydrogen-bond donors (Lipinski definition) is 1. The summed E-state index contributed by atoms with van der Waals surface area (Å²) in [6.45, 7) is 3.34. The molecule has 0 aliphatic carbocycles. The van der Waals surface area contributed by atoms with Crippen molar-refractivity contribution in [3.63, 3.8) is 0 Å². The molecular formula is C15H15N3OS. The lowest BCUT2D eigenvalue weighted by Gasteiger charge is -2.08. The van der Waals surface area contributed by atoms with Crippen LogP contribution in [0, 0.1) is 0 Å². The Kier molecular flexibility index (Phi) is 3.78. The Hall–Kier alpha value is -2.14. The van der Waals surface area contributed by atoms with Crippen molar-refractivity contribution in [1.29, 1.82) is 0 Å². The second-order valence-electron chi connectivity index (χ2n) is 4.35. The van der Waals surface area contributed by atoms with Gasteiger partial charge in [-0.05, 0) is 36.8 Å². The molecule has 3 rings (SSSR count). The zero-order valence-corrected chi connectivity index (χ0v) is 12.0. The Labute approximate surface area is 121 Å². The van der Waals surface area contributed by atoms with E-state index in [1.165, 1.54) is 4.70 Å². The predicted octanol–water partition coefficient (Wildman–Crippen LogP) is 3.70. The van der Waals surface area contributed by atoms with E-state index in [2.05, 4.69) is 21.4 Å². The van der Waals surface area contributed by atoms with Crippen molar-refractivity contribution < 1.29 is 4.74 Å². The van der Waals surface area contributed by atoms with Gasteiger partial charge in [0.2, 0.25) is 0 Å². The van der Waals surface area contributed by atoms with Gasteiger partial charge in [0.1, 0.15) is 5.75 Å². The summed E-state index contributed by atoms with van der Waals surface area (Å²) in [5.41, 5.74) is 5.09. The van der Waals surface area contributed by atoms with Gasteiger partial charge < -0.3 is 10.1 Å². The summed E-state index contributed by atoms with van der Waals surface area (Å²) in [6.07, 6.45) is 3.58. The molecule has 0 unspecified atom stereocenters. The first kappa shape index (κ1) is 12.9. The van der Waals surface area contributed by atoms with Crippen molar-refractivity contribution in [3.05, 3.63) is 47.7 Å². The highest BCUT2D eigenvalue weighted by Crippen LogP contribution is 2.22. The zero-order valence-electron chi connectivity index (χ0n) is 11.2. The van der Waals surface area contributed by atoms with Gasteiger partial charge in [-0.3, -0.25) is 4.98 Å². The summed E-state index contributed by atoms with van der Waals surface area (Å²) in [4.78, 5) is 8.46. The van der Waals surface area contributed by atoms with Crippen LogP contribution in [0.3, 0.4) is 0 Å². The molecule has 4 nitrogen and oxygen atoms in total. The van der Waals surface area contributed by atoms with Crippen LogP contribution in [0.25, 0.3) is 10.2 Å². The van der Waals surface area contributed by atoms with Gasteiger partial charge in [-0.1, -0.05) is 0 Å². The summed E-state index contributed by atoms with van der Waals surface area (Å²) in [5, 5.41) is 3.40.